The number of hydrogen-bond donors (Lipinski definition) is 2. The lowest BCUT2D eigenvalue weighted by atomic mass is 10.2. The maximum absolute atomic E-state index is 11.8. The number of rotatable bonds is 3. The van der Waals surface area contributed by atoms with Gasteiger partial charge in [-0.15, -0.1) is 0 Å². The number of aryl methyl sites for hydroxylation is 1. The summed E-state index contributed by atoms with van der Waals surface area (Å²) in [6.45, 7) is 2.57. The summed E-state index contributed by atoms with van der Waals surface area (Å²) in [5, 5.41) is 5.65. The second-order valence-corrected chi connectivity index (χ2v) is 5.42. The second-order valence-electron chi connectivity index (χ2n) is 4.26. The van der Waals surface area contributed by atoms with Gasteiger partial charge in [0.2, 0.25) is 0 Å². The maximum Gasteiger partial charge on any atom is 0.319 e. The quantitative estimate of drug-likeness (QED) is 0.795. The standard InChI is InChI=1S/C15H15IN2O/c1-11-7-8-13(9-14(11)16)18-15(19)17-10-12-5-3-2-4-6-12/h2-9H,10H2,1H3,(H2,17,18,19). The molecule has 19 heavy (non-hydrogen) atoms. The smallest absolute Gasteiger partial charge is 0.319 e. The first kappa shape index (κ1) is 13.9. The number of halogens is 1. The minimum atomic E-state index is -0.191. The molecule has 2 amide bonds. The highest BCUT2D eigenvalue weighted by atomic mass is 127. The highest BCUT2D eigenvalue weighted by Gasteiger charge is 2.03. The molecular formula is C15H15IN2O. The van der Waals surface area contributed by atoms with Crippen LogP contribution < -0.4 is 10.6 Å². The van der Waals surface area contributed by atoms with Crippen LogP contribution in [0, 0.1) is 10.5 Å². The van der Waals surface area contributed by atoms with Crippen LogP contribution >= 0.6 is 22.6 Å². The van der Waals surface area contributed by atoms with E-state index < -0.39 is 0 Å². The Morgan fingerprint density at radius 3 is 2.58 bits per heavy atom. The molecule has 0 bridgehead atoms. The Morgan fingerprint density at radius 1 is 1.16 bits per heavy atom. The predicted molar refractivity (Wildman–Crippen MR) is 86.2 cm³/mol. The third kappa shape index (κ3) is 4.24. The summed E-state index contributed by atoms with van der Waals surface area (Å²) in [7, 11) is 0. The van der Waals surface area contributed by atoms with E-state index in [-0.39, 0.29) is 6.03 Å². The van der Waals surface area contributed by atoms with E-state index in [9.17, 15) is 4.79 Å². The summed E-state index contributed by atoms with van der Waals surface area (Å²) in [6, 6.07) is 15.5. The zero-order valence-corrected chi connectivity index (χ0v) is 12.8. The molecule has 2 N–H and O–H groups in total. The molecular weight excluding hydrogens is 351 g/mol. The Balaban J connectivity index is 1.89. The summed E-state index contributed by atoms with van der Waals surface area (Å²) in [4.78, 5) is 11.8. The van der Waals surface area contributed by atoms with E-state index in [4.69, 9.17) is 0 Å². The Bertz CT molecular complexity index is 570. The van der Waals surface area contributed by atoms with Crippen LogP contribution in [-0.4, -0.2) is 6.03 Å². The highest BCUT2D eigenvalue weighted by molar-refractivity contribution is 14.1. The van der Waals surface area contributed by atoms with E-state index in [1.54, 1.807) is 0 Å². The van der Waals surface area contributed by atoms with Crippen LogP contribution in [0.3, 0.4) is 0 Å². The van der Waals surface area contributed by atoms with Crippen LogP contribution in [0.4, 0.5) is 10.5 Å². The van der Waals surface area contributed by atoms with Gasteiger partial charge in [-0.2, -0.15) is 0 Å². The van der Waals surface area contributed by atoms with E-state index in [2.05, 4.69) is 33.2 Å². The molecule has 0 unspecified atom stereocenters. The Labute approximate surface area is 126 Å². The van der Waals surface area contributed by atoms with Gasteiger partial charge in [-0.25, -0.2) is 4.79 Å². The van der Waals surface area contributed by atoms with Crippen LogP contribution in [0.1, 0.15) is 11.1 Å². The molecule has 2 aromatic rings. The molecule has 0 saturated heterocycles. The van der Waals surface area contributed by atoms with Crippen molar-refractivity contribution in [1.29, 1.82) is 0 Å². The van der Waals surface area contributed by atoms with Crippen molar-refractivity contribution in [2.75, 3.05) is 5.32 Å². The van der Waals surface area contributed by atoms with Crippen molar-refractivity contribution in [2.24, 2.45) is 0 Å². The molecule has 0 aliphatic rings. The molecule has 2 rings (SSSR count). The topological polar surface area (TPSA) is 41.1 Å². The lowest BCUT2D eigenvalue weighted by Crippen LogP contribution is -2.28. The van der Waals surface area contributed by atoms with Crippen LogP contribution in [0.5, 0.6) is 0 Å². The summed E-state index contributed by atoms with van der Waals surface area (Å²) < 4.78 is 1.14. The van der Waals surface area contributed by atoms with Gasteiger partial charge in [0.15, 0.2) is 0 Å². The molecule has 4 heteroatoms. The van der Waals surface area contributed by atoms with Gasteiger partial charge < -0.3 is 10.6 Å². The lowest BCUT2D eigenvalue weighted by molar-refractivity contribution is 0.251. The van der Waals surface area contributed by atoms with Crippen LogP contribution in [-0.2, 0) is 6.54 Å². The van der Waals surface area contributed by atoms with E-state index in [1.807, 2.05) is 55.5 Å². The minimum absolute atomic E-state index is 0.191. The fraction of sp³-hybridized carbons (Fsp3) is 0.133. The Hall–Kier alpha value is -1.56. The van der Waals surface area contributed by atoms with Gasteiger partial charge in [0, 0.05) is 15.8 Å². The Kier molecular flexibility index (Phi) is 4.79. The second kappa shape index (κ2) is 6.56. The molecule has 0 atom stereocenters. The average molecular weight is 366 g/mol. The molecule has 0 aliphatic heterocycles. The van der Waals surface area contributed by atoms with Crippen molar-refractivity contribution in [2.45, 2.75) is 13.5 Å². The predicted octanol–water partition coefficient (Wildman–Crippen LogP) is 3.92. The third-order valence-corrected chi connectivity index (χ3v) is 3.89. The number of carbonyl (C=O) groups excluding carboxylic acids is 1. The van der Waals surface area contributed by atoms with Crippen LogP contribution in [0.2, 0.25) is 0 Å². The molecule has 0 aliphatic carbocycles. The molecule has 0 saturated carbocycles. The first-order valence-corrected chi connectivity index (χ1v) is 7.08. The first-order valence-electron chi connectivity index (χ1n) is 6.00. The normalized spacial score (nSPS) is 10.0. The number of urea groups is 1. The van der Waals surface area contributed by atoms with Gasteiger partial charge in [0.25, 0.3) is 0 Å². The summed E-state index contributed by atoms with van der Waals surface area (Å²) in [6.07, 6.45) is 0. The zero-order valence-electron chi connectivity index (χ0n) is 10.6. The molecule has 0 aromatic heterocycles. The van der Waals surface area contributed by atoms with Gasteiger partial charge in [-0.3, -0.25) is 0 Å². The van der Waals surface area contributed by atoms with Crippen molar-refractivity contribution < 1.29 is 4.79 Å². The van der Waals surface area contributed by atoms with Crippen molar-refractivity contribution >= 4 is 34.3 Å². The number of carbonyl (C=O) groups is 1. The van der Waals surface area contributed by atoms with Crippen LogP contribution in [0.25, 0.3) is 0 Å². The van der Waals surface area contributed by atoms with Crippen molar-refractivity contribution in [1.82, 2.24) is 5.32 Å². The van der Waals surface area contributed by atoms with Gasteiger partial charge in [0.05, 0.1) is 0 Å². The zero-order chi connectivity index (χ0) is 13.7. The number of benzene rings is 2. The van der Waals surface area contributed by atoms with Crippen molar-refractivity contribution in [3.63, 3.8) is 0 Å². The summed E-state index contributed by atoms with van der Waals surface area (Å²) in [5.74, 6) is 0. The Morgan fingerprint density at radius 2 is 1.89 bits per heavy atom. The van der Waals surface area contributed by atoms with Gasteiger partial charge in [-0.1, -0.05) is 36.4 Å². The highest BCUT2D eigenvalue weighted by Crippen LogP contribution is 2.16. The van der Waals surface area contributed by atoms with E-state index in [1.165, 1.54) is 5.56 Å². The summed E-state index contributed by atoms with van der Waals surface area (Å²) in [5.41, 5.74) is 3.09. The monoisotopic (exact) mass is 366 g/mol. The molecule has 2 aromatic carbocycles. The third-order valence-electron chi connectivity index (χ3n) is 2.73. The molecule has 0 heterocycles. The fourth-order valence-electron chi connectivity index (χ4n) is 1.62. The van der Waals surface area contributed by atoms with Crippen molar-refractivity contribution in [3.05, 3.63) is 63.2 Å². The minimum Gasteiger partial charge on any atom is -0.334 e. The fourth-order valence-corrected chi connectivity index (χ4v) is 2.14. The lowest BCUT2D eigenvalue weighted by Gasteiger charge is -2.08. The molecule has 0 radical (unpaired) electrons. The molecule has 0 fully saturated rings. The molecule has 0 spiro atoms. The first-order chi connectivity index (χ1) is 9.15. The van der Waals surface area contributed by atoms with Crippen molar-refractivity contribution in [3.8, 4) is 0 Å². The number of amides is 2. The summed E-state index contributed by atoms with van der Waals surface area (Å²) >= 11 is 2.26. The van der Waals surface area contributed by atoms with Gasteiger partial charge in [-0.05, 0) is 52.8 Å². The SMILES string of the molecule is Cc1ccc(NC(=O)NCc2ccccc2)cc1I. The van der Waals surface area contributed by atoms with Crippen LogP contribution in [0.15, 0.2) is 48.5 Å². The number of anilines is 1. The average Bonchev–Trinajstić information content (AvgIpc) is 2.42. The molecule has 3 nitrogen and oxygen atoms in total. The van der Waals surface area contributed by atoms with Gasteiger partial charge in [0.1, 0.15) is 0 Å². The number of hydrogen-bond acceptors (Lipinski definition) is 1. The number of nitrogens with one attached hydrogen (secondary N) is 2. The van der Waals surface area contributed by atoms with E-state index in [0.29, 0.717) is 6.54 Å². The van der Waals surface area contributed by atoms with Gasteiger partial charge >= 0.3 is 6.03 Å². The van der Waals surface area contributed by atoms with E-state index in [0.717, 1.165) is 14.8 Å². The maximum atomic E-state index is 11.8. The molecule has 98 valence electrons. The largest absolute Gasteiger partial charge is 0.334 e. The van der Waals surface area contributed by atoms with E-state index >= 15 is 0 Å².